The summed E-state index contributed by atoms with van der Waals surface area (Å²) in [6, 6.07) is 11.6. The van der Waals surface area contributed by atoms with E-state index in [1.807, 2.05) is 46.7 Å². The fourth-order valence-electron chi connectivity index (χ4n) is 4.44. The van der Waals surface area contributed by atoms with Gasteiger partial charge in [0.15, 0.2) is 0 Å². The lowest BCUT2D eigenvalue weighted by Crippen LogP contribution is -2.45. The predicted molar refractivity (Wildman–Crippen MR) is 117 cm³/mol. The standard InChI is InChI=1S/C22H25N5O3S/c1-30-18-6-4-17(5-7-18)22(10-11-22)20(28)25-12-8-16(9-13-25)15-26-21(29)27(24-23-26)19-3-2-14-31-19/h2-7,14,16H,8-13,15H2,1H3. The molecule has 1 aliphatic heterocycles. The minimum absolute atomic E-state index is 0.211. The average molecular weight is 440 g/mol. The fourth-order valence-corrected chi connectivity index (χ4v) is 5.11. The molecule has 0 radical (unpaired) electrons. The molecule has 1 saturated carbocycles. The number of piperidine rings is 1. The minimum atomic E-state index is -0.362. The molecule has 1 aromatic carbocycles. The van der Waals surface area contributed by atoms with Crippen molar-refractivity contribution in [2.75, 3.05) is 20.2 Å². The Kier molecular flexibility index (Phi) is 5.13. The van der Waals surface area contributed by atoms with Crippen LogP contribution in [0.2, 0.25) is 0 Å². The summed E-state index contributed by atoms with van der Waals surface area (Å²) in [4.78, 5) is 27.9. The third-order valence-electron chi connectivity index (χ3n) is 6.49. The zero-order valence-corrected chi connectivity index (χ0v) is 18.3. The molecule has 3 heterocycles. The maximum atomic E-state index is 13.3. The predicted octanol–water partition coefficient (Wildman–Crippen LogP) is 2.47. The summed E-state index contributed by atoms with van der Waals surface area (Å²) in [5, 5.41) is 10.7. The van der Waals surface area contributed by atoms with E-state index in [4.69, 9.17) is 4.74 Å². The van der Waals surface area contributed by atoms with E-state index >= 15 is 0 Å². The molecule has 0 atom stereocenters. The number of likely N-dealkylation sites (tertiary alicyclic amines) is 1. The van der Waals surface area contributed by atoms with Crippen molar-refractivity contribution in [1.82, 2.24) is 24.7 Å². The Hall–Kier alpha value is -2.94. The van der Waals surface area contributed by atoms with Crippen LogP contribution in [0.25, 0.3) is 5.00 Å². The number of ether oxygens (including phenoxy) is 1. The van der Waals surface area contributed by atoms with E-state index in [0.29, 0.717) is 12.5 Å². The van der Waals surface area contributed by atoms with Gasteiger partial charge < -0.3 is 9.64 Å². The van der Waals surface area contributed by atoms with Gasteiger partial charge in [-0.2, -0.15) is 9.36 Å². The number of carbonyl (C=O) groups is 1. The number of aromatic nitrogens is 4. The lowest BCUT2D eigenvalue weighted by Gasteiger charge is -2.34. The summed E-state index contributed by atoms with van der Waals surface area (Å²) >= 11 is 1.46. The Balaban J connectivity index is 1.21. The number of benzene rings is 1. The highest BCUT2D eigenvalue weighted by Gasteiger charge is 2.53. The molecule has 31 heavy (non-hydrogen) atoms. The Bertz CT molecular complexity index is 1110. The van der Waals surface area contributed by atoms with E-state index in [9.17, 15) is 9.59 Å². The van der Waals surface area contributed by atoms with Crippen LogP contribution in [0.4, 0.5) is 0 Å². The normalized spacial score (nSPS) is 18.2. The van der Waals surface area contributed by atoms with Gasteiger partial charge in [0.2, 0.25) is 5.91 Å². The molecule has 162 valence electrons. The molecule has 2 aromatic heterocycles. The first-order valence-electron chi connectivity index (χ1n) is 10.6. The molecule has 8 nitrogen and oxygen atoms in total. The molecule has 0 spiro atoms. The molecule has 0 unspecified atom stereocenters. The molecule has 1 aliphatic carbocycles. The molecule has 0 N–H and O–H groups in total. The highest BCUT2D eigenvalue weighted by Crippen LogP contribution is 2.50. The van der Waals surface area contributed by atoms with Crippen LogP contribution in [0, 0.1) is 5.92 Å². The molecule has 2 fully saturated rings. The fraction of sp³-hybridized carbons (Fsp3) is 0.455. The minimum Gasteiger partial charge on any atom is -0.497 e. The molecule has 0 bridgehead atoms. The first-order valence-corrected chi connectivity index (χ1v) is 11.5. The molecule has 1 saturated heterocycles. The van der Waals surface area contributed by atoms with Crippen LogP contribution < -0.4 is 10.4 Å². The average Bonchev–Trinajstić information content (AvgIpc) is 3.29. The zero-order chi connectivity index (χ0) is 21.4. The largest absolute Gasteiger partial charge is 0.497 e. The number of hydrogen-bond donors (Lipinski definition) is 0. The zero-order valence-electron chi connectivity index (χ0n) is 17.4. The summed E-state index contributed by atoms with van der Waals surface area (Å²) in [5.74, 6) is 1.35. The van der Waals surface area contributed by atoms with Crippen molar-refractivity contribution in [3.8, 4) is 10.8 Å². The van der Waals surface area contributed by atoms with E-state index < -0.39 is 0 Å². The number of thiophene rings is 1. The maximum Gasteiger partial charge on any atom is 0.369 e. The van der Waals surface area contributed by atoms with Gasteiger partial charge in [0.1, 0.15) is 10.8 Å². The van der Waals surface area contributed by atoms with Gasteiger partial charge >= 0.3 is 5.69 Å². The van der Waals surface area contributed by atoms with Gasteiger partial charge in [0, 0.05) is 13.1 Å². The third-order valence-corrected chi connectivity index (χ3v) is 7.33. The number of rotatable bonds is 6. The Morgan fingerprint density at radius 3 is 2.52 bits per heavy atom. The van der Waals surface area contributed by atoms with Crippen molar-refractivity contribution < 1.29 is 9.53 Å². The van der Waals surface area contributed by atoms with Crippen LogP contribution in [-0.2, 0) is 16.8 Å². The molecular formula is C22H25N5O3S. The second-order valence-electron chi connectivity index (χ2n) is 8.35. The maximum absolute atomic E-state index is 13.3. The van der Waals surface area contributed by atoms with E-state index in [1.165, 1.54) is 20.7 Å². The van der Waals surface area contributed by atoms with Gasteiger partial charge in [-0.15, -0.1) is 11.3 Å². The Labute approximate surface area is 184 Å². The first-order chi connectivity index (χ1) is 15.1. The number of amides is 1. The topological polar surface area (TPSA) is 82.2 Å². The quantitative estimate of drug-likeness (QED) is 0.589. The highest BCUT2D eigenvalue weighted by atomic mass is 32.1. The number of carbonyl (C=O) groups excluding carboxylic acids is 1. The van der Waals surface area contributed by atoms with Gasteiger partial charge in [-0.3, -0.25) is 4.79 Å². The van der Waals surface area contributed by atoms with Crippen LogP contribution in [0.15, 0.2) is 46.6 Å². The van der Waals surface area contributed by atoms with Gasteiger partial charge in [0.25, 0.3) is 0 Å². The number of methoxy groups -OCH3 is 1. The van der Waals surface area contributed by atoms with Crippen molar-refractivity contribution in [3.05, 3.63) is 57.8 Å². The summed E-state index contributed by atoms with van der Waals surface area (Å²) in [6.45, 7) is 1.97. The second-order valence-corrected chi connectivity index (χ2v) is 9.28. The van der Waals surface area contributed by atoms with Crippen LogP contribution in [-0.4, -0.2) is 50.8 Å². The Morgan fingerprint density at radius 2 is 1.90 bits per heavy atom. The van der Waals surface area contributed by atoms with Gasteiger partial charge in [-0.25, -0.2) is 4.79 Å². The summed E-state index contributed by atoms with van der Waals surface area (Å²) < 4.78 is 8.03. The van der Waals surface area contributed by atoms with Crippen LogP contribution in [0.1, 0.15) is 31.2 Å². The van der Waals surface area contributed by atoms with Crippen molar-refractivity contribution in [3.63, 3.8) is 0 Å². The van der Waals surface area contributed by atoms with E-state index in [1.54, 1.807) is 7.11 Å². The van der Waals surface area contributed by atoms with Crippen molar-refractivity contribution in [2.24, 2.45) is 5.92 Å². The smallest absolute Gasteiger partial charge is 0.369 e. The third kappa shape index (κ3) is 3.67. The van der Waals surface area contributed by atoms with Crippen LogP contribution in [0.5, 0.6) is 5.75 Å². The number of hydrogen-bond acceptors (Lipinski definition) is 6. The number of nitrogens with zero attached hydrogens (tertiary/aromatic N) is 5. The first kappa shape index (κ1) is 20.0. The van der Waals surface area contributed by atoms with Crippen molar-refractivity contribution >= 4 is 17.2 Å². The van der Waals surface area contributed by atoms with E-state index in [2.05, 4.69) is 10.4 Å². The highest BCUT2D eigenvalue weighted by molar-refractivity contribution is 7.12. The molecule has 2 aliphatic rings. The molecular weight excluding hydrogens is 414 g/mol. The molecule has 5 rings (SSSR count). The monoisotopic (exact) mass is 439 g/mol. The summed E-state index contributed by atoms with van der Waals surface area (Å²) in [7, 11) is 1.65. The summed E-state index contributed by atoms with van der Waals surface area (Å²) in [6.07, 6.45) is 3.53. The lowest BCUT2D eigenvalue weighted by atomic mass is 9.91. The van der Waals surface area contributed by atoms with Gasteiger partial charge in [-0.1, -0.05) is 12.1 Å². The van der Waals surface area contributed by atoms with Crippen molar-refractivity contribution in [1.29, 1.82) is 0 Å². The summed E-state index contributed by atoms with van der Waals surface area (Å²) in [5.41, 5.74) is 0.508. The van der Waals surface area contributed by atoms with E-state index in [-0.39, 0.29) is 17.0 Å². The van der Waals surface area contributed by atoms with Crippen molar-refractivity contribution in [2.45, 2.75) is 37.6 Å². The van der Waals surface area contributed by atoms with Crippen LogP contribution in [0.3, 0.4) is 0 Å². The SMILES string of the molecule is COc1ccc(C2(C(=O)N3CCC(Cn4nnn(-c5cccs5)c4=O)CC3)CC2)cc1. The number of tetrazole rings is 1. The second kappa shape index (κ2) is 7.96. The Morgan fingerprint density at radius 1 is 1.16 bits per heavy atom. The molecule has 9 heteroatoms. The van der Waals surface area contributed by atoms with Crippen LogP contribution >= 0.6 is 11.3 Å². The molecule has 3 aromatic rings. The lowest BCUT2D eigenvalue weighted by molar-refractivity contribution is -0.135. The van der Waals surface area contributed by atoms with Gasteiger partial charge in [-0.05, 0) is 77.2 Å². The van der Waals surface area contributed by atoms with E-state index in [0.717, 1.165) is 55.1 Å². The van der Waals surface area contributed by atoms with Gasteiger partial charge in [0.05, 0.1) is 19.1 Å². The molecule has 1 amide bonds.